The highest BCUT2D eigenvalue weighted by Gasteiger charge is 2.19. The van der Waals surface area contributed by atoms with Gasteiger partial charge in [-0.15, -0.1) is 0 Å². The molecule has 2 atom stereocenters. The minimum absolute atomic E-state index is 0.0639. The van der Waals surface area contributed by atoms with Crippen molar-refractivity contribution in [2.24, 2.45) is 39.8 Å². The summed E-state index contributed by atoms with van der Waals surface area (Å²) in [7, 11) is 0. The Morgan fingerprint density at radius 3 is 1.87 bits per heavy atom. The number of nitrogens with one attached hydrogen (secondary N) is 2. The fraction of sp³-hybridized carbons (Fsp3) is 0.462. The standard InChI is InChI=1S/C26H45N7.C7H8.C4H10.C2H5N/c1-6-8-15-33(14-7-2)22(5)25(19-31-26(28)29)32-20(3)18-30-21(4)24(17-27)16-23-12-10-9-11-13-23;1-7-5-3-2-4-6-7;1-4(2)3;1-2-3/h9-13,24-25,30,32H,3-8,14-19,27H2,1-2H3,(H4,28,29,31);2-6H,1H3;4H,1-3H3;2H,1,3H2. The smallest absolute Gasteiger partial charge is 0.185 e. The number of hydrogen-bond acceptors (Lipinski definition) is 6. The molecule has 2 aromatic rings. The van der Waals surface area contributed by atoms with E-state index in [0.29, 0.717) is 19.6 Å². The Bertz CT molecular complexity index is 1110. The van der Waals surface area contributed by atoms with Crippen molar-refractivity contribution in [3.05, 3.63) is 121 Å². The SMILES string of the molecule is C=C(CNC(=C)C(CN)Cc1ccccc1)NC(CN=C(N)N)C(=C)N(CCC)CCCC.C=CN.CC(C)C.Cc1ccccc1. The van der Waals surface area contributed by atoms with Crippen molar-refractivity contribution in [2.45, 2.75) is 73.3 Å². The number of benzene rings is 2. The van der Waals surface area contributed by atoms with Gasteiger partial charge in [0.25, 0.3) is 0 Å². The summed E-state index contributed by atoms with van der Waals surface area (Å²) in [5.74, 6) is 1.04. The van der Waals surface area contributed by atoms with Gasteiger partial charge in [-0.1, -0.05) is 134 Å². The van der Waals surface area contributed by atoms with E-state index in [0.717, 1.165) is 61.8 Å². The van der Waals surface area contributed by atoms with Crippen LogP contribution in [0.3, 0.4) is 0 Å². The average Bonchev–Trinajstić information content (AvgIpc) is 3.03. The van der Waals surface area contributed by atoms with Gasteiger partial charge in [-0.05, 0) is 43.9 Å². The van der Waals surface area contributed by atoms with Crippen molar-refractivity contribution in [3.63, 3.8) is 0 Å². The van der Waals surface area contributed by atoms with Gasteiger partial charge in [0.2, 0.25) is 0 Å². The molecular weight excluding hydrogens is 580 g/mol. The average molecular weight is 649 g/mol. The van der Waals surface area contributed by atoms with Crippen LogP contribution >= 0.6 is 0 Å². The van der Waals surface area contributed by atoms with Gasteiger partial charge in [-0.3, -0.25) is 4.99 Å². The Labute approximate surface area is 288 Å². The monoisotopic (exact) mass is 649 g/mol. The normalized spacial score (nSPS) is 11.0. The summed E-state index contributed by atoms with van der Waals surface area (Å²) in [5, 5.41) is 6.85. The lowest BCUT2D eigenvalue weighted by Crippen LogP contribution is -2.43. The molecule has 0 amide bonds. The van der Waals surface area contributed by atoms with E-state index in [1.807, 2.05) is 36.4 Å². The first-order chi connectivity index (χ1) is 22.4. The minimum Gasteiger partial charge on any atom is -0.405 e. The van der Waals surface area contributed by atoms with Crippen LogP contribution in [0.1, 0.15) is 65.0 Å². The zero-order valence-electron chi connectivity index (χ0n) is 30.5. The molecule has 0 aliphatic carbocycles. The highest BCUT2D eigenvalue weighted by Crippen LogP contribution is 2.15. The molecule has 0 saturated heterocycles. The number of nitrogens with zero attached hydrogens (tertiary/aromatic N) is 2. The Morgan fingerprint density at radius 2 is 1.45 bits per heavy atom. The number of aryl methyl sites for hydroxylation is 1. The van der Waals surface area contributed by atoms with Gasteiger partial charge in [0, 0.05) is 42.6 Å². The van der Waals surface area contributed by atoms with E-state index in [2.05, 4.69) is 118 Å². The predicted octanol–water partition coefficient (Wildman–Crippen LogP) is 6.42. The molecule has 0 heterocycles. The molecule has 0 bridgehead atoms. The second-order valence-electron chi connectivity index (χ2n) is 12.0. The molecule has 0 aliphatic heterocycles. The van der Waals surface area contributed by atoms with Crippen molar-refractivity contribution in [1.82, 2.24) is 15.5 Å². The molecule has 0 aromatic heterocycles. The maximum Gasteiger partial charge on any atom is 0.185 e. The summed E-state index contributed by atoms with van der Waals surface area (Å²) < 4.78 is 0. The van der Waals surface area contributed by atoms with Crippen molar-refractivity contribution in [2.75, 3.05) is 32.7 Å². The van der Waals surface area contributed by atoms with Crippen molar-refractivity contribution in [3.8, 4) is 0 Å². The lowest BCUT2D eigenvalue weighted by molar-refractivity contribution is 0.310. The van der Waals surface area contributed by atoms with Crippen molar-refractivity contribution < 1.29 is 0 Å². The molecule has 0 spiro atoms. The molecule has 0 radical (unpaired) electrons. The van der Waals surface area contributed by atoms with Gasteiger partial charge in [0.05, 0.1) is 19.1 Å². The molecule has 2 aromatic carbocycles. The van der Waals surface area contributed by atoms with E-state index in [4.69, 9.17) is 17.2 Å². The number of rotatable bonds is 18. The Kier molecular flexibility index (Phi) is 28.0. The molecule has 0 saturated carbocycles. The Balaban J connectivity index is 0. The number of guanidine groups is 1. The molecule has 2 unspecified atom stereocenters. The minimum atomic E-state index is -0.146. The van der Waals surface area contributed by atoms with Crippen LogP contribution in [0.5, 0.6) is 0 Å². The molecule has 8 nitrogen and oxygen atoms in total. The Hall–Kier alpha value is -4.17. The summed E-state index contributed by atoms with van der Waals surface area (Å²) in [6.45, 7) is 32.2. The van der Waals surface area contributed by atoms with E-state index in [1.165, 1.54) is 17.3 Å². The fourth-order valence-corrected chi connectivity index (χ4v) is 4.11. The molecule has 8 heteroatoms. The first kappa shape index (κ1) is 45.0. The van der Waals surface area contributed by atoms with Crippen molar-refractivity contribution >= 4 is 5.96 Å². The van der Waals surface area contributed by atoms with Crippen LogP contribution in [0.2, 0.25) is 0 Å². The largest absolute Gasteiger partial charge is 0.405 e. The fourth-order valence-electron chi connectivity index (χ4n) is 4.11. The van der Waals surface area contributed by atoms with E-state index in [1.54, 1.807) is 0 Å². The zero-order chi connectivity index (χ0) is 36.0. The van der Waals surface area contributed by atoms with Gasteiger partial charge in [-0.2, -0.15) is 0 Å². The van der Waals surface area contributed by atoms with E-state index >= 15 is 0 Å². The van der Waals surface area contributed by atoms with Crippen LogP contribution in [0.15, 0.2) is 115 Å². The summed E-state index contributed by atoms with van der Waals surface area (Å²) >= 11 is 0. The van der Waals surface area contributed by atoms with Crippen LogP contribution in [0.4, 0.5) is 0 Å². The highest BCUT2D eigenvalue weighted by atomic mass is 15.2. The second kappa shape index (κ2) is 29.2. The van der Waals surface area contributed by atoms with Crippen LogP contribution in [-0.2, 0) is 6.42 Å². The second-order valence-corrected chi connectivity index (χ2v) is 12.0. The Morgan fingerprint density at radius 1 is 0.915 bits per heavy atom. The number of nitrogens with two attached hydrogens (primary N) is 4. The van der Waals surface area contributed by atoms with E-state index in [9.17, 15) is 0 Å². The van der Waals surface area contributed by atoms with Gasteiger partial charge >= 0.3 is 0 Å². The maximum atomic E-state index is 6.02. The number of hydrogen-bond donors (Lipinski definition) is 6. The quantitative estimate of drug-likeness (QED) is 0.0808. The van der Waals surface area contributed by atoms with Gasteiger partial charge in [0.15, 0.2) is 5.96 Å². The van der Waals surface area contributed by atoms with Crippen LogP contribution in [0, 0.1) is 18.8 Å². The maximum absolute atomic E-state index is 6.02. The third-order valence-electron chi connectivity index (χ3n) is 6.49. The number of aliphatic imine (C=N–C) groups is 1. The van der Waals surface area contributed by atoms with Gasteiger partial charge in [-0.25, -0.2) is 0 Å². The first-order valence-corrected chi connectivity index (χ1v) is 16.8. The molecule has 2 rings (SSSR count). The first-order valence-electron chi connectivity index (χ1n) is 16.8. The lowest BCUT2D eigenvalue weighted by atomic mass is 9.97. The number of unbranched alkanes of at least 4 members (excludes halogenated alkanes) is 1. The van der Waals surface area contributed by atoms with Crippen LogP contribution in [0.25, 0.3) is 0 Å². The molecule has 264 valence electrons. The summed E-state index contributed by atoms with van der Waals surface area (Å²) in [4.78, 5) is 6.54. The summed E-state index contributed by atoms with van der Waals surface area (Å²) in [6.07, 6.45) is 5.38. The van der Waals surface area contributed by atoms with Crippen LogP contribution in [-0.4, -0.2) is 49.6 Å². The molecular formula is C39H68N8. The van der Waals surface area contributed by atoms with Gasteiger partial charge in [0.1, 0.15) is 0 Å². The molecule has 10 N–H and O–H groups in total. The predicted molar refractivity (Wildman–Crippen MR) is 209 cm³/mol. The zero-order valence-corrected chi connectivity index (χ0v) is 30.5. The summed E-state index contributed by atoms with van der Waals surface area (Å²) in [5.41, 5.74) is 27.1. The van der Waals surface area contributed by atoms with Crippen molar-refractivity contribution in [1.29, 1.82) is 0 Å². The van der Waals surface area contributed by atoms with Gasteiger partial charge < -0.3 is 38.5 Å². The van der Waals surface area contributed by atoms with E-state index < -0.39 is 0 Å². The van der Waals surface area contributed by atoms with Crippen LogP contribution < -0.4 is 33.6 Å². The third-order valence-corrected chi connectivity index (χ3v) is 6.49. The highest BCUT2D eigenvalue weighted by molar-refractivity contribution is 5.75. The molecule has 0 aliphatic rings. The molecule has 0 fully saturated rings. The molecule has 47 heavy (non-hydrogen) atoms. The van der Waals surface area contributed by atoms with E-state index in [-0.39, 0.29) is 17.9 Å². The third kappa shape index (κ3) is 25.7. The topological polar surface area (TPSA) is 144 Å². The lowest BCUT2D eigenvalue weighted by Gasteiger charge is -2.32. The summed E-state index contributed by atoms with van der Waals surface area (Å²) in [6, 6.07) is 20.4.